The summed E-state index contributed by atoms with van der Waals surface area (Å²) in [7, 11) is 0. The van der Waals surface area contributed by atoms with Gasteiger partial charge in [0.2, 0.25) is 0 Å². The Morgan fingerprint density at radius 2 is 2.14 bits per heavy atom. The van der Waals surface area contributed by atoms with E-state index in [1.165, 1.54) is 19.4 Å². The summed E-state index contributed by atoms with van der Waals surface area (Å²) in [4.78, 5) is 14.3. The van der Waals surface area contributed by atoms with Crippen LogP contribution in [0.3, 0.4) is 0 Å². The first-order valence-corrected chi connectivity index (χ1v) is 6.01. The maximum Gasteiger partial charge on any atom is 0.150 e. The Kier molecular flexibility index (Phi) is 1.65. The molecule has 3 atom stereocenters. The molecule has 2 heteroatoms. The summed E-state index contributed by atoms with van der Waals surface area (Å²) < 4.78 is 0. The van der Waals surface area contributed by atoms with Gasteiger partial charge in [-0.15, -0.1) is 0 Å². The average Bonchev–Trinajstić information content (AvgIpc) is 3.07. The maximum atomic E-state index is 11.9. The molecule has 0 amide bonds. The average molecular weight is 193 g/mol. The van der Waals surface area contributed by atoms with Gasteiger partial charge in [0, 0.05) is 13.0 Å². The van der Waals surface area contributed by atoms with Crippen LogP contribution in [-0.2, 0) is 4.79 Å². The van der Waals surface area contributed by atoms with Crippen LogP contribution >= 0.6 is 0 Å². The zero-order chi connectivity index (χ0) is 9.92. The van der Waals surface area contributed by atoms with E-state index >= 15 is 0 Å². The van der Waals surface area contributed by atoms with E-state index < -0.39 is 0 Å². The van der Waals surface area contributed by atoms with Crippen molar-refractivity contribution in [1.29, 1.82) is 0 Å². The van der Waals surface area contributed by atoms with Crippen LogP contribution in [0.5, 0.6) is 0 Å². The molecule has 3 aliphatic rings. The number of hydrogen-bond donors (Lipinski definition) is 0. The van der Waals surface area contributed by atoms with E-state index in [0.29, 0.717) is 17.2 Å². The van der Waals surface area contributed by atoms with Crippen LogP contribution in [-0.4, -0.2) is 29.8 Å². The molecular formula is C12H19NO. The molecule has 0 aromatic carbocycles. The van der Waals surface area contributed by atoms with Gasteiger partial charge in [-0.1, -0.05) is 13.8 Å². The summed E-state index contributed by atoms with van der Waals surface area (Å²) in [6.07, 6.45) is 3.54. The molecule has 14 heavy (non-hydrogen) atoms. The standard InChI is InChI=1S/C12H19NO/c1-3-9(14)11-10-8(7-13(11)4-2)12(10)5-6-12/h8,10-11H,3-7H2,1-2H3. The van der Waals surface area contributed by atoms with Crippen molar-refractivity contribution in [2.24, 2.45) is 17.3 Å². The van der Waals surface area contributed by atoms with Crippen molar-refractivity contribution in [3.63, 3.8) is 0 Å². The number of nitrogens with zero attached hydrogens (tertiary/aromatic N) is 1. The van der Waals surface area contributed by atoms with E-state index in [2.05, 4.69) is 11.8 Å². The summed E-state index contributed by atoms with van der Waals surface area (Å²) in [5.74, 6) is 2.14. The molecule has 1 saturated heterocycles. The molecular weight excluding hydrogens is 174 g/mol. The third-order valence-corrected chi connectivity index (χ3v) is 4.80. The molecule has 1 aliphatic heterocycles. The maximum absolute atomic E-state index is 11.9. The Morgan fingerprint density at radius 1 is 1.43 bits per heavy atom. The van der Waals surface area contributed by atoms with E-state index in [1.54, 1.807) is 0 Å². The largest absolute Gasteiger partial charge is 0.298 e. The molecule has 0 N–H and O–H groups in total. The first kappa shape index (κ1) is 8.90. The number of fused-ring (bicyclic) bond motifs is 3. The number of piperidine rings is 1. The number of hydrogen-bond acceptors (Lipinski definition) is 2. The lowest BCUT2D eigenvalue weighted by Gasteiger charge is -2.26. The second kappa shape index (κ2) is 2.60. The number of likely N-dealkylation sites (tertiary alicyclic amines) is 1. The molecule has 1 spiro atoms. The number of likely N-dealkylation sites (N-methyl/N-ethyl adjacent to an activating group) is 1. The van der Waals surface area contributed by atoms with Gasteiger partial charge in [0.05, 0.1) is 6.04 Å². The van der Waals surface area contributed by atoms with E-state index in [9.17, 15) is 4.79 Å². The van der Waals surface area contributed by atoms with Crippen molar-refractivity contribution in [2.75, 3.05) is 13.1 Å². The lowest BCUT2D eigenvalue weighted by Crippen LogP contribution is -2.40. The fourth-order valence-corrected chi connectivity index (χ4v) is 3.82. The molecule has 3 unspecified atom stereocenters. The van der Waals surface area contributed by atoms with Crippen LogP contribution in [0.25, 0.3) is 0 Å². The lowest BCUT2D eigenvalue weighted by molar-refractivity contribution is -0.124. The van der Waals surface area contributed by atoms with Crippen LogP contribution in [0, 0.1) is 17.3 Å². The minimum Gasteiger partial charge on any atom is -0.298 e. The molecule has 0 aromatic rings. The zero-order valence-corrected chi connectivity index (χ0v) is 9.12. The van der Waals surface area contributed by atoms with Crippen LogP contribution in [0.1, 0.15) is 33.1 Å². The van der Waals surface area contributed by atoms with Gasteiger partial charge in [0.1, 0.15) is 5.78 Å². The Balaban J connectivity index is 1.81. The molecule has 78 valence electrons. The van der Waals surface area contributed by atoms with E-state index in [1.807, 2.05) is 6.92 Å². The fourth-order valence-electron chi connectivity index (χ4n) is 3.82. The highest BCUT2D eigenvalue weighted by Gasteiger charge is 2.77. The van der Waals surface area contributed by atoms with Gasteiger partial charge >= 0.3 is 0 Å². The molecule has 3 rings (SSSR count). The van der Waals surface area contributed by atoms with Crippen LogP contribution < -0.4 is 0 Å². The van der Waals surface area contributed by atoms with Gasteiger partial charge in [0.15, 0.2) is 0 Å². The molecule has 3 fully saturated rings. The monoisotopic (exact) mass is 193 g/mol. The summed E-state index contributed by atoms with van der Waals surface area (Å²) in [5.41, 5.74) is 0.682. The van der Waals surface area contributed by atoms with Gasteiger partial charge in [-0.2, -0.15) is 0 Å². The van der Waals surface area contributed by atoms with E-state index in [4.69, 9.17) is 0 Å². The van der Waals surface area contributed by atoms with Crippen molar-refractivity contribution < 1.29 is 4.79 Å². The summed E-state index contributed by atoms with van der Waals surface area (Å²) in [6, 6.07) is 0.303. The third-order valence-electron chi connectivity index (χ3n) is 4.80. The molecule has 1 heterocycles. The Bertz CT molecular complexity index is 282. The number of ketones is 1. The highest BCUT2D eigenvalue weighted by Crippen LogP contribution is 2.78. The van der Waals surface area contributed by atoms with Crippen LogP contribution in [0.15, 0.2) is 0 Å². The van der Waals surface area contributed by atoms with Crippen LogP contribution in [0.4, 0.5) is 0 Å². The summed E-state index contributed by atoms with van der Waals surface area (Å²) in [6.45, 7) is 6.45. The summed E-state index contributed by atoms with van der Waals surface area (Å²) >= 11 is 0. The van der Waals surface area contributed by atoms with E-state index in [0.717, 1.165) is 24.8 Å². The smallest absolute Gasteiger partial charge is 0.150 e. The predicted molar refractivity (Wildman–Crippen MR) is 55.0 cm³/mol. The molecule has 0 radical (unpaired) electrons. The first-order valence-electron chi connectivity index (χ1n) is 6.01. The SMILES string of the molecule is CCC(=O)C1C2C(CN1CC)C21CC1. The predicted octanol–water partition coefficient (Wildman–Crippen LogP) is 1.70. The van der Waals surface area contributed by atoms with Gasteiger partial charge in [-0.25, -0.2) is 0 Å². The van der Waals surface area contributed by atoms with Crippen molar-refractivity contribution >= 4 is 5.78 Å². The Labute approximate surface area is 85.7 Å². The summed E-state index contributed by atoms with van der Waals surface area (Å²) in [5, 5.41) is 0. The highest BCUT2D eigenvalue weighted by atomic mass is 16.1. The second-order valence-electron chi connectivity index (χ2n) is 5.22. The second-order valence-corrected chi connectivity index (χ2v) is 5.22. The Hall–Kier alpha value is -0.370. The van der Waals surface area contributed by atoms with Crippen molar-refractivity contribution in [3.05, 3.63) is 0 Å². The quantitative estimate of drug-likeness (QED) is 0.680. The Morgan fingerprint density at radius 3 is 2.64 bits per heavy atom. The third kappa shape index (κ3) is 0.881. The zero-order valence-electron chi connectivity index (χ0n) is 9.12. The fraction of sp³-hybridized carbons (Fsp3) is 0.917. The van der Waals surface area contributed by atoms with E-state index in [-0.39, 0.29) is 0 Å². The number of Topliss-reactive ketones (excluding diaryl/α,β-unsaturated/α-hetero) is 1. The van der Waals surface area contributed by atoms with Crippen molar-refractivity contribution in [2.45, 2.75) is 39.2 Å². The number of carbonyl (C=O) groups is 1. The number of rotatable bonds is 3. The highest BCUT2D eigenvalue weighted by molar-refractivity contribution is 5.85. The van der Waals surface area contributed by atoms with Gasteiger partial charge in [0.25, 0.3) is 0 Å². The van der Waals surface area contributed by atoms with Gasteiger partial charge in [-0.3, -0.25) is 9.69 Å². The van der Waals surface area contributed by atoms with Crippen molar-refractivity contribution in [1.82, 2.24) is 4.90 Å². The van der Waals surface area contributed by atoms with Gasteiger partial charge in [-0.05, 0) is 36.6 Å². The topological polar surface area (TPSA) is 20.3 Å². The molecule has 2 aliphatic carbocycles. The molecule has 0 bridgehead atoms. The normalized spacial score (nSPS) is 42.6. The number of carbonyl (C=O) groups excluding carboxylic acids is 1. The van der Waals surface area contributed by atoms with Gasteiger partial charge < -0.3 is 0 Å². The van der Waals surface area contributed by atoms with Crippen molar-refractivity contribution in [3.8, 4) is 0 Å². The first-order chi connectivity index (χ1) is 6.74. The van der Waals surface area contributed by atoms with Crippen LogP contribution in [0.2, 0.25) is 0 Å². The molecule has 2 saturated carbocycles. The minimum absolute atomic E-state index is 0.303. The minimum atomic E-state index is 0.303. The lowest BCUT2D eigenvalue weighted by atomic mass is 10.0. The molecule has 2 nitrogen and oxygen atoms in total. The molecule has 0 aromatic heterocycles.